The number of fused-ring (bicyclic) bond motifs is 4. The zero-order valence-corrected chi connectivity index (χ0v) is 14.3. The van der Waals surface area contributed by atoms with Gasteiger partial charge < -0.3 is 14.6 Å². The van der Waals surface area contributed by atoms with Crippen molar-refractivity contribution in [1.29, 1.82) is 0 Å². The summed E-state index contributed by atoms with van der Waals surface area (Å²) in [5, 5.41) is 13.0. The van der Waals surface area contributed by atoms with E-state index >= 15 is 0 Å². The molecule has 24 heavy (non-hydrogen) atoms. The highest BCUT2D eigenvalue weighted by Crippen LogP contribution is 2.45. The van der Waals surface area contributed by atoms with Gasteiger partial charge in [0.25, 0.3) is 0 Å². The lowest BCUT2D eigenvalue weighted by atomic mass is 9.84. The third-order valence-electron chi connectivity index (χ3n) is 6.05. The van der Waals surface area contributed by atoms with Gasteiger partial charge >= 0.3 is 0 Å². The molecule has 1 N–H and O–H groups in total. The van der Waals surface area contributed by atoms with E-state index in [0.717, 1.165) is 32.2 Å². The van der Waals surface area contributed by atoms with Gasteiger partial charge in [-0.15, -0.1) is 11.3 Å². The van der Waals surface area contributed by atoms with Gasteiger partial charge in [-0.25, -0.2) is 4.98 Å². The van der Waals surface area contributed by atoms with Crippen molar-refractivity contribution in [2.24, 2.45) is 5.92 Å². The summed E-state index contributed by atoms with van der Waals surface area (Å²) in [4.78, 5) is 19.5. The van der Waals surface area contributed by atoms with E-state index in [-0.39, 0.29) is 12.1 Å². The molecule has 2 aromatic heterocycles. The third kappa shape index (κ3) is 2.09. The third-order valence-corrected chi connectivity index (χ3v) is 7.07. The van der Waals surface area contributed by atoms with E-state index in [2.05, 4.69) is 21.0 Å². The number of rotatable bonds is 3. The Morgan fingerprint density at radius 2 is 2.33 bits per heavy atom. The Morgan fingerprint density at radius 3 is 3.25 bits per heavy atom. The summed E-state index contributed by atoms with van der Waals surface area (Å²) < 4.78 is 2.21. The number of piperidine rings is 1. The number of aliphatic hydroxyl groups excluding tert-OH is 1. The fraction of sp³-hybridized carbons (Fsp3) is 0.556. The number of carbonyl (C=O) groups excluding carboxylic acids is 1. The first-order chi connectivity index (χ1) is 11.7. The molecular weight excluding hydrogens is 322 g/mol. The summed E-state index contributed by atoms with van der Waals surface area (Å²) in [6, 6.07) is 2.72. The first kappa shape index (κ1) is 14.7. The number of hydrogen-bond acceptors (Lipinski definition) is 4. The average Bonchev–Trinajstić information content (AvgIpc) is 3.33. The maximum Gasteiger partial charge on any atom is 0.222 e. The summed E-state index contributed by atoms with van der Waals surface area (Å²) in [6.07, 6.45) is 7.74. The van der Waals surface area contributed by atoms with Crippen molar-refractivity contribution in [3.8, 4) is 11.3 Å². The van der Waals surface area contributed by atoms with Crippen LogP contribution in [0, 0.1) is 5.92 Å². The van der Waals surface area contributed by atoms with Crippen LogP contribution in [-0.2, 0) is 4.79 Å². The average molecular weight is 343 g/mol. The van der Waals surface area contributed by atoms with Crippen LogP contribution < -0.4 is 0 Å². The number of imidazole rings is 1. The van der Waals surface area contributed by atoms with Crippen LogP contribution in [0.4, 0.5) is 0 Å². The molecule has 3 aliphatic rings. The molecule has 5 rings (SSSR count). The second-order valence-corrected chi connectivity index (χ2v) is 8.22. The van der Waals surface area contributed by atoms with Crippen molar-refractivity contribution in [1.82, 2.24) is 14.5 Å². The number of thiophene rings is 1. The number of nitrogens with zero attached hydrogens (tertiary/aromatic N) is 3. The molecular formula is C18H21N3O2S. The second-order valence-electron chi connectivity index (χ2n) is 7.27. The van der Waals surface area contributed by atoms with Crippen molar-refractivity contribution in [2.45, 2.75) is 50.3 Å². The zero-order valence-electron chi connectivity index (χ0n) is 13.5. The fourth-order valence-electron chi connectivity index (χ4n) is 4.79. The van der Waals surface area contributed by atoms with Gasteiger partial charge in [-0.1, -0.05) is 0 Å². The molecule has 0 unspecified atom stereocenters. The van der Waals surface area contributed by atoms with Crippen LogP contribution in [0.5, 0.6) is 0 Å². The van der Waals surface area contributed by atoms with E-state index in [4.69, 9.17) is 0 Å². The Kier molecular flexibility index (Phi) is 3.31. The fourth-order valence-corrected chi connectivity index (χ4v) is 5.80. The summed E-state index contributed by atoms with van der Waals surface area (Å²) in [6.45, 7) is 0.816. The zero-order chi connectivity index (χ0) is 16.3. The van der Waals surface area contributed by atoms with Crippen molar-refractivity contribution < 1.29 is 9.90 Å². The molecule has 126 valence electrons. The molecule has 2 saturated heterocycles. The van der Waals surface area contributed by atoms with E-state index in [1.807, 2.05) is 17.4 Å². The monoisotopic (exact) mass is 343 g/mol. The normalized spacial score (nSPS) is 29.5. The first-order valence-electron chi connectivity index (χ1n) is 8.79. The molecule has 5 nitrogen and oxygen atoms in total. The van der Waals surface area contributed by atoms with Gasteiger partial charge in [0.05, 0.1) is 30.4 Å². The molecule has 0 spiro atoms. The molecule has 5 heterocycles. The lowest BCUT2D eigenvalue weighted by Gasteiger charge is -2.37. The lowest BCUT2D eigenvalue weighted by molar-refractivity contribution is -0.131. The quantitative estimate of drug-likeness (QED) is 0.932. The van der Waals surface area contributed by atoms with E-state index in [1.165, 1.54) is 16.1 Å². The van der Waals surface area contributed by atoms with E-state index in [1.54, 1.807) is 11.3 Å². The Labute approximate surface area is 144 Å². The van der Waals surface area contributed by atoms with Crippen LogP contribution in [0.15, 0.2) is 24.0 Å². The summed E-state index contributed by atoms with van der Waals surface area (Å²) >= 11 is 1.77. The van der Waals surface area contributed by atoms with Crippen molar-refractivity contribution in [2.75, 3.05) is 6.54 Å². The first-order valence-corrected chi connectivity index (χ1v) is 9.67. The summed E-state index contributed by atoms with van der Waals surface area (Å²) in [5.41, 5.74) is 2.44. The lowest BCUT2D eigenvalue weighted by Crippen LogP contribution is -2.43. The molecule has 2 fully saturated rings. The largest absolute Gasteiger partial charge is 0.393 e. The second kappa shape index (κ2) is 5.43. The van der Waals surface area contributed by atoms with Gasteiger partial charge in [0.15, 0.2) is 0 Å². The maximum atomic E-state index is 11.8. The molecule has 3 aliphatic heterocycles. The molecule has 6 heteroatoms. The minimum atomic E-state index is -0.323. The molecule has 2 aromatic rings. The van der Waals surface area contributed by atoms with Crippen molar-refractivity contribution >= 4 is 17.2 Å². The van der Waals surface area contributed by atoms with Gasteiger partial charge in [0, 0.05) is 29.4 Å². The Morgan fingerprint density at radius 1 is 1.42 bits per heavy atom. The van der Waals surface area contributed by atoms with Crippen LogP contribution >= 0.6 is 11.3 Å². The van der Waals surface area contributed by atoms with Crippen molar-refractivity contribution in [3.63, 3.8) is 0 Å². The number of amides is 1. The van der Waals surface area contributed by atoms with Gasteiger partial charge in [-0.3, -0.25) is 4.79 Å². The minimum absolute atomic E-state index is 0.204. The molecule has 0 saturated carbocycles. The molecule has 0 radical (unpaired) electrons. The Bertz CT molecular complexity index is 743. The van der Waals surface area contributed by atoms with Gasteiger partial charge in [-0.2, -0.15) is 0 Å². The van der Waals surface area contributed by atoms with Gasteiger partial charge in [-0.05, 0) is 43.0 Å². The molecule has 1 amide bonds. The standard InChI is InChI=1S/C18H21N3O2S/c22-16(11-3-5-20-12(7-11)1-2-17(20)23)8-14-18-13(4-6-24-18)15-9-19-10-21(14)15/h4,6,9-12,14,16,22H,1-3,5,7-8H2/t11-,12+,14-,16+/m0/s1. The van der Waals surface area contributed by atoms with E-state index in [0.29, 0.717) is 24.3 Å². The van der Waals surface area contributed by atoms with Crippen LogP contribution in [-0.4, -0.2) is 44.2 Å². The number of aromatic nitrogens is 2. The van der Waals surface area contributed by atoms with Crippen LogP contribution in [0.1, 0.15) is 43.0 Å². The predicted octanol–water partition coefficient (Wildman–Crippen LogP) is 2.67. The highest BCUT2D eigenvalue weighted by Gasteiger charge is 2.40. The highest BCUT2D eigenvalue weighted by molar-refractivity contribution is 7.10. The molecule has 0 bridgehead atoms. The number of carbonyl (C=O) groups is 1. The molecule has 0 aliphatic carbocycles. The molecule has 4 atom stereocenters. The predicted molar refractivity (Wildman–Crippen MR) is 91.8 cm³/mol. The Balaban J connectivity index is 1.33. The topological polar surface area (TPSA) is 58.4 Å². The maximum absolute atomic E-state index is 11.8. The van der Waals surface area contributed by atoms with E-state index in [9.17, 15) is 9.90 Å². The Hall–Kier alpha value is -1.66. The van der Waals surface area contributed by atoms with E-state index < -0.39 is 0 Å². The van der Waals surface area contributed by atoms with Crippen LogP contribution in [0.2, 0.25) is 0 Å². The van der Waals surface area contributed by atoms with Crippen LogP contribution in [0.25, 0.3) is 11.3 Å². The SMILES string of the molecule is O=C1CC[C@@H]2C[C@@H]([C@H](O)C[C@H]3c4sccc4-c4cncn43)CCN12. The number of aliphatic hydroxyl groups is 1. The summed E-state index contributed by atoms with van der Waals surface area (Å²) in [7, 11) is 0. The van der Waals surface area contributed by atoms with Crippen LogP contribution in [0.3, 0.4) is 0 Å². The van der Waals surface area contributed by atoms with Gasteiger partial charge in [0.2, 0.25) is 5.91 Å². The van der Waals surface area contributed by atoms with Crippen molar-refractivity contribution in [3.05, 3.63) is 28.8 Å². The number of hydrogen-bond donors (Lipinski definition) is 1. The summed E-state index contributed by atoms with van der Waals surface area (Å²) in [5.74, 6) is 0.600. The highest BCUT2D eigenvalue weighted by atomic mass is 32.1. The minimum Gasteiger partial charge on any atom is -0.393 e. The van der Waals surface area contributed by atoms with Gasteiger partial charge in [0.1, 0.15) is 0 Å². The smallest absolute Gasteiger partial charge is 0.222 e. The molecule has 0 aromatic carbocycles.